The van der Waals surface area contributed by atoms with Crippen LogP contribution in [0.3, 0.4) is 0 Å². The molecule has 1 heteroatoms. The Labute approximate surface area is 87.7 Å². The Morgan fingerprint density at radius 3 is 2.64 bits per heavy atom. The Morgan fingerprint density at radius 2 is 1.93 bits per heavy atom. The fourth-order valence-electron chi connectivity index (χ4n) is 1.21. The highest BCUT2D eigenvalue weighted by molar-refractivity contribution is 8.23. The van der Waals surface area contributed by atoms with Crippen molar-refractivity contribution < 1.29 is 0 Å². The van der Waals surface area contributed by atoms with Crippen LogP contribution < -0.4 is 0 Å². The summed E-state index contributed by atoms with van der Waals surface area (Å²) in [5.74, 6) is 4.31. The van der Waals surface area contributed by atoms with Crippen molar-refractivity contribution >= 4 is 10.9 Å². The van der Waals surface area contributed by atoms with Crippen molar-refractivity contribution in [3.05, 3.63) is 59.5 Å². The maximum Gasteiger partial charge on any atom is 0.0253 e. The van der Waals surface area contributed by atoms with Crippen LogP contribution in [0.25, 0.3) is 0 Å². The van der Waals surface area contributed by atoms with Gasteiger partial charge in [0.1, 0.15) is 0 Å². The van der Waals surface area contributed by atoms with Crippen LogP contribution in [0, 0.1) is 11.2 Å². The van der Waals surface area contributed by atoms with Gasteiger partial charge in [0.05, 0.1) is 0 Å². The lowest BCUT2D eigenvalue weighted by Gasteiger charge is -2.08. The zero-order valence-corrected chi connectivity index (χ0v) is 8.74. The van der Waals surface area contributed by atoms with Gasteiger partial charge >= 0.3 is 0 Å². The van der Waals surface area contributed by atoms with Gasteiger partial charge in [-0.2, -0.15) is 10.9 Å². The van der Waals surface area contributed by atoms with E-state index < -0.39 is 0 Å². The first kappa shape index (κ1) is 9.18. The van der Waals surface area contributed by atoms with E-state index in [0.29, 0.717) is 0 Å². The molecule has 0 N–H and O–H groups in total. The predicted molar refractivity (Wildman–Crippen MR) is 65.5 cm³/mol. The molecule has 1 aliphatic rings. The van der Waals surface area contributed by atoms with Crippen molar-refractivity contribution in [3.63, 3.8) is 0 Å². The highest BCUT2D eigenvalue weighted by Gasteiger charge is 1.93. The molecule has 1 heterocycles. The second kappa shape index (κ2) is 4.74. The summed E-state index contributed by atoms with van der Waals surface area (Å²) in [6.07, 6.45) is 6.36. The van der Waals surface area contributed by atoms with E-state index >= 15 is 0 Å². The molecular weight excluding hydrogens is 188 g/mol. The fourth-order valence-corrected chi connectivity index (χ4v) is 2.42. The van der Waals surface area contributed by atoms with E-state index in [1.165, 1.54) is 0 Å². The Kier molecular flexibility index (Phi) is 3.10. The molecule has 14 heavy (non-hydrogen) atoms. The van der Waals surface area contributed by atoms with Crippen molar-refractivity contribution in [2.75, 3.05) is 5.75 Å². The highest BCUT2D eigenvalue weighted by atomic mass is 32.2. The third kappa shape index (κ3) is 2.55. The number of allylic oxidation sites excluding steroid dienone is 2. The molecule has 0 amide bonds. The van der Waals surface area contributed by atoms with Crippen LogP contribution >= 0.6 is 10.9 Å². The fraction of sp³-hybridized carbons (Fsp3) is 0.0769. The molecule has 0 nitrogen and oxygen atoms in total. The average molecular weight is 200 g/mol. The van der Waals surface area contributed by atoms with Crippen molar-refractivity contribution in [1.82, 2.24) is 0 Å². The minimum Gasteiger partial charge on any atom is -0.165 e. The maximum atomic E-state index is 3.31. The Hall–Kier alpha value is -1.39. The molecule has 0 aromatic heterocycles. The Morgan fingerprint density at radius 1 is 1.07 bits per heavy atom. The summed E-state index contributed by atoms with van der Waals surface area (Å²) in [4.78, 5) is 0. The second-order valence-electron chi connectivity index (χ2n) is 3.02. The summed E-state index contributed by atoms with van der Waals surface area (Å²) in [7, 11) is -0.224. The standard InChI is InChI=1S/C13H12S/c1-3-7-13(8-4-1)9-12-14-10-5-2-6-11-14/h1-8,10,14H,11H2. The number of thiol groups is 1. The molecule has 70 valence electrons. The predicted octanol–water partition coefficient (Wildman–Crippen LogP) is 3.08. The number of hydrogen-bond donors (Lipinski definition) is 1. The summed E-state index contributed by atoms with van der Waals surface area (Å²) in [5.41, 5.74) is 1.11. The topological polar surface area (TPSA) is 0 Å². The van der Waals surface area contributed by atoms with E-state index in [-0.39, 0.29) is 10.9 Å². The first-order valence-electron chi connectivity index (χ1n) is 4.62. The minimum absolute atomic E-state index is 0.224. The zero-order chi connectivity index (χ0) is 9.64. The minimum atomic E-state index is -0.224. The molecule has 2 rings (SSSR count). The van der Waals surface area contributed by atoms with E-state index in [9.17, 15) is 0 Å². The lowest BCUT2D eigenvalue weighted by Crippen LogP contribution is -1.82. The monoisotopic (exact) mass is 200 g/mol. The van der Waals surface area contributed by atoms with E-state index in [0.717, 1.165) is 11.3 Å². The van der Waals surface area contributed by atoms with Crippen LogP contribution in [-0.4, -0.2) is 5.75 Å². The van der Waals surface area contributed by atoms with Crippen molar-refractivity contribution in [2.24, 2.45) is 0 Å². The van der Waals surface area contributed by atoms with Crippen molar-refractivity contribution in [1.29, 1.82) is 0 Å². The molecule has 1 atom stereocenters. The quantitative estimate of drug-likeness (QED) is 0.483. The largest absolute Gasteiger partial charge is 0.165 e. The number of rotatable bonds is 0. The summed E-state index contributed by atoms with van der Waals surface area (Å²) < 4.78 is 0. The van der Waals surface area contributed by atoms with Gasteiger partial charge in [-0.25, -0.2) is 0 Å². The van der Waals surface area contributed by atoms with Gasteiger partial charge < -0.3 is 0 Å². The van der Waals surface area contributed by atoms with Gasteiger partial charge in [-0.3, -0.25) is 0 Å². The number of hydrogen-bond acceptors (Lipinski definition) is 0. The normalized spacial score (nSPS) is 21.3. The summed E-state index contributed by atoms with van der Waals surface area (Å²) in [5, 5.41) is 5.53. The Bertz CT molecular complexity index is 404. The molecular formula is C13H12S. The molecule has 1 aliphatic heterocycles. The molecule has 0 aliphatic carbocycles. The van der Waals surface area contributed by atoms with E-state index in [2.05, 4.69) is 34.8 Å². The molecule has 0 radical (unpaired) electrons. The van der Waals surface area contributed by atoms with Crippen LogP contribution in [-0.2, 0) is 0 Å². The van der Waals surface area contributed by atoms with Crippen LogP contribution in [0.5, 0.6) is 0 Å². The van der Waals surface area contributed by atoms with E-state index in [4.69, 9.17) is 0 Å². The molecule has 0 saturated carbocycles. The smallest absolute Gasteiger partial charge is 0.0253 e. The van der Waals surface area contributed by atoms with Gasteiger partial charge in [0.15, 0.2) is 0 Å². The number of benzene rings is 1. The highest BCUT2D eigenvalue weighted by Crippen LogP contribution is 2.27. The third-order valence-electron chi connectivity index (χ3n) is 1.93. The van der Waals surface area contributed by atoms with Crippen molar-refractivity contribution in [3.8, 4) is 11.2 Å². The zero-order valence-electron chi connectivity index (χ0n) is 7.85. The van der Waals surface area contributed by atoms with Crippen LogP contribution in [0.1, 0.15) is 5.56 Å². The van der Waals surface area contributed by atoms with Gasteiger partial charge in [-0.1, -0.05) is 42.3 Å². The van der Waals surface area contributed by atoms with Crippen LogP contribution in [0.4, 0.5) is 0 Å². The lowest BCUT2D eigenvalue weighted by molar-refractivity contribution is 1.65. The molecule has 0 fully saturated rings. The SMILES string of the molecule is C(#C[SH]1C=CC=CC1)c1ccccc1. The van der Waals surface area contributed by atoms with Crippen LogP contribution in [0.15, 0.2) is 54.0 Å². The van der Waals surface area contributed by atoms with E-state index in [1.807, 2.05) is 30.3 Å². The van der Waals surface area contributed by atoms with Crippen molar-refractivity contribution in [2.45, 2.75) is 0 Å². The van der Waals surface area contributed by atoms with Crippen LogP contribution in [0.2, 0.25) is 0 Å². The average Bonchev–Trinajstić information content (AvgIpc) is 2.29. The summed E-state index contributed by atoms with van der Waals surface area (Å²) in [6, 6.07) is 10.2. The second-order valence-corrected chi connectivity index (χ2v) is 4.85. The first-order valence-corrected chi connectivity index (χ1v) is 6.21. The van der Waals surface area contributed by atoms with Gasteiger partial charge in [0, 0.05) is 11.3 Å². The van der Waals surface area contributed by atoms with E-state index in [1.54, 1.807) is 0 Å². The maximum absolute atomic E-state index is 3.31. The molecule has 1 unspecified atom stereocenters. The lowest BCUT2D eigenvalue weighted by atomic mass is 10.2. The summed E-state index contributed by atoms with van der Waals surface area (Å²) >= 11 is 0. The molecule has 1 aromatic carbocycles. The van der Waals surface area contributed by atoms with Gasteiger partial charge in [0.2, 0.25) is 0 Å². The van der Waals surface area contributed by atoms with Gasteiger partial charge in [-0.05, 0) is 22.8 Å². The van der Waals surface area contributed by atoms with Gasteiger partial charge in [-0.15, -0.1) is 0 Å². The third-order valence-corrected chi connectivity index (χ3v) is 3.47. The molecule has 0 spiro atoms. The summed E-state index contributed by atoms with van der Waals surface area (Å²) in [6.45, 7) is 0. The molecule has 0 bridgehead atoms. The Balaban J connectivity index is 2.07. The first-order chi connectivity index (χ1) is 6.95. The molecule has 1 aromatic rings. The van der Waals surface area contributed by atoms with Gasteiger partial charge in [0.25, 0.3) is 0 Å². The molecule has 0 saturated heterocycles.